The lowest BCUT2D eigenvalue weighted by molar-refractivity contribution is -0.384. The van der Waals surface area contributed by atoms with Gasteiger partial charge in [0.1, 0.15) is 23.9 Å². The van der Waals surface area contributed by atoms with Gasteiger partial charge in [-0.2, -0.15) is 5.26 Å². The van der Waals surface area contributed by atoms with Crippen LogP contribution in [-0.4, -0.2) is 44.5 Å². The predicted molar refractivity (Wildman–Crippen MR) is 108 cm³/mol. The zero-order valence-corrected chi connectivity index (χ0v) is 15.9. The Morgan fingerprint density at radius 3 is 3.07 bits per heavy atom. The molecule has 29 heavy (non-hydrogen) atoms. The van der Waals surface area contributed by atoms with Crippen LogP contribution >= 0.6 is 0 Å². The molecule has 10 nitrogen and oxygen atoms in total. The van der Waals surface area contributed by atoms with E-state index in [-0.39, 0.29) is 22.5 Å². The number of hydrogen-bond donors (Lipinski definition) is 2. The molecule has 1 aliphatic rings. The van der Waals surface area contributed by atoms with E-state index < -0.39 is 4.92 Å². The van der Waals surface area contributed by atoms with E-state index in [2.05, 4.69) is 37.1 Å². The third kappa shape index (κ3) is 3.42. The van der Waals surface area contributed by atoms with Gasteiger partial charge in [0.05, 0.1) is 15.9 Å². The molecule has 148 valence electrons. The standard InChI is InChI=1S/C19H20N8O2/c1-2-19(10-23-17-15(27(28)29)7-13(8-20)9-22-17)4-6-26(11-19)18-14-3-5-21-16(14)24-12-25-18/h3,5,7,9,12H,2,4,6,10-11H2,1H3,(H,22,23)(H,21,24,25)/t19-/m1/s1. The molecule has 0 bridgehead atoms. The van der Waals surface area contributed by atoms with Crippen LogP contribution in [0.5, 0.6) is 0 Å². The molecule has 0 aromatic carbocycles. The number of aromatic amines is 1. The lowest BCUT2D eigenvalue weighted by atomic mass is 9.84. The molecule has 0 radical (unpaired) electrons. The molecule has 0 unspecified atom stereocenters. The fourth-order valence-electron chi connectivity index (χ4n) is 3.85. The quantitative estimate of drug-likeness (QED) is 0.482. The first-order valence-corrected chi connectivity index (χ1v) is 9.37. The molecule has 1 aliphatic heterocycles. The monoisotopic (exact) mass is 392 g/mol. The number of nitro groups is 1. The van der Waals surface area contributed by atoms with E-state index in [1.54, 1.807) is 6.33 Å². The number of anilines is 2. The van der Waals surface area contributed by atoms with Gasteiger partial charge >= 0.3 is 5.69 Å². The molecule has 0 spiro atoms. The molecule has 4 rings (SSSR count). The molecule has 3 aromatic rings. The summed E-state index contributed by atoms with van der Waals surface area (Å²) < 4.78 is 0. The van der Waals surface area contributed by atoms with Crippen molar-refractivity contribution < 1.29 is 4.92 Å². The minimum atomic E-state index is -0.515. The van der Waals surface area contributed by atoms with Crippen molar-refractivity contribution in [2.24, 2.45) is 5.41 Å². The van der Waals surface area contributed by atoms with E-state index in [0.29, 0.717) is 6.54 Å². The summed E-state index contributed by atoms with van der Waals surface area (Å²) in [6, 6.07) is 5.11. The maximum absolute atomic E-state index is 11.4. The van der Waals surface area contributed by atoms with Crippen molar-refractivity contribution in [1.82, 2.24) is 19.9 Å². The van der Waals surface area contributed by atoms with Gasteiger partial charge in [-0.25, -0.2) is 15.0 Å². The molecular formula is C19H20N8O2. The van der Waals surface area contributed by atoms with Crippen LogP contribution in [-0.2, 0) is 0 Å². The molecule has 1 saturated heterocycles. The van der Waals surface area contributed by atoms with Crippen LogP contribution in [0.15, 0.2) is 30.9 Å². The Labute approximate surface area is 166 Å². The molecule has 4 heterocycles. The first-order valence-electron chi connectivity index (χ1n) is 9.37. The SMILES string of the molecule is CC[C@]1(CNc2ncc(C#N)cc2[N+](=O)[O-])CCN(c2ncnc3[nH]ccc23)C1. The summed E-state index contributed by atoms with van der Waals surface area (Å²) in [7, 11) is 0. The second kappa shape index (κ2) is 7.35. The molecule has 0 aliphatic carbocycles. The molecule has 10 heteroatoms. The number of pyridine rings is 1. The fourth-order valence-corrected chi connectivity index (χ4v) is 3.85. The van der Waals surface area contributed by atoms with Crippen LogP contribution in [0.25, 0.3) is 11.0 Å². The highest BCUT2D eigenvalue weighted by atomic mass is 16.6. The minimum Gasteiger partial charge on any atom is -0.364 e. The van der Waals surface area contributed by atoms with Gasteiger partial charge in [-0.15, -0.1) is 0 Å². The molecule has 3 aromatic heterocycles. The Kier molecular flexibility index (Phi) is 4.72. The van der Waals surface area contributed by atoms with Gasteiger partial charge in [0.15, 0.2) is 0 Å². The van der Waals surface area contributed by atoms with Crippen molar-refractivity contribution in [3.8, 4) is 6.07 Å². The van der Waals surface area contributed by atoms with E-state index >= 15 is 0 Å². The minimum absolute atomic E-state index is 0.0724. The van der Waals surface area contributed by atoms with Crippen molar-refractivity contribution in [2.75, 3.05) is 29.9 Å². The van der Waals surface area contributed by atoms with Crippen LogP contribution in [0.2, 0.25) is 0 Å². The smallest absolute Gasteiger partial charge is 0.312 e. The molecule has 1 atom stereocenters. The van der Waals surface area contributed by atoms with Gasteiger partial charge in [-0.1, -0.05) is 6.92 Å². The van der Waals surface area contributed by atoms with Crippen LogP contribution in [0.1, 0.15) is 25.3 Å². The van der Waals surface area contributed by atoms with Gasteiger partial charge in [-0.05, 0) is 18.9 Å². The summed E-state index contributed by atoms with van der Waals surface area (Å²) >= 11 is 0. The lowest BCUT2D eigenvalue weighted by Gasteiger charge is -2.29. The first-order chi connectivity index (χ1) is 14.0. The fraction of sp³-hybridized carbons (Fsp3) is 0.368. The van der Waals surface area contributed by atoms with Crippen molar-refractivity contribution in [3.05, 3.63) is 46.5 Å². The molecular weight excluding hydrogens is 372 g/mol. The van der Waals surface area contributed by atoms with Gasteiger partial charge in [0.25, 0.3) is 0 Å². The topological polar surface area (TPSA) is 137 Å². The largest absolute Gasteiger partial charge is 0.364 e. The Morgan fingerprint density at radius 1 is 1.45 bits per heavy atom. The van der Waals surface area contributed by atoms with Crippen LogP contribution in [0, 0.1) is 26.9 Å². The molecule has 0 saturated carbocycles. The highest BCUT2D eigenvalue weighted by Crippen LogP contribution is 2.38. The number of rotatable bonds is 6. The second-order valence-corrected chi connectivity index (χ2v) is 7.28. The summed E-state index contributed by atoms with van der Waals surface area (Å²) in [5.74, 6) is 1.09. The van der Waals surface area contributed by atoms with Crippen molar-refractivity contribution in [2.45, 2.75) is 19.8 Å². The van der Waals surface area contributed by atoms with Gasteiger partial charge in [0, 0.05) is 43.5 Å². The maximum Gasteiger partial charge on any atom is 0.312 e. The average molecular weight is 392 g/mol. The number of nitriles is 1. The van der Waals surface area contributed by atoms with Crippen LogP contribution < -0.4 is 10.2 Å². The number of hydrogen-bond acceptors (Lipinski definition) is 8. The van der Waals surface area contributed by atoms with E-state index in [4.69, 9.17) is 5.26 Å². The summed E-state index contributed by atoms with van der Waals surface area (Å²) in [6.45, 7) is 4.28. The van der Waals surface area contributed by atoms with E-state index in [1.165, 1.54) is 12.3 Å². The third-order valence-corrected chi connectivity index (χ3v) is 5.64. The predicted octanol–water partition coefficient (Wildman–Crippen LogP) is 2.85. The number of fused-ring (bicyclic) bond motifs is 1. The first kappa shape index (κ1) is 18.6. The Bertz CT molecular complexity index is 1110. The van der Waals surface area contributed by atoms with E-state index in [9.17, 15) is 10.1 Å². The molecule has 0 amide bonds. The number of H-pyrrole nitrogens is 1. The Balaban J connectivity index is 1.54. The van der Waals surface area contributed by atoms with E-state index in [0.717, 1.165) is 42.8 Å². The van der Waals surface area contributed by atoms with Crippen LogP contribution in [0.3, 0.4) is 0 Å². The Morgan fingerprint density at radius 2 is 2.31 bits per heavy atom. The van der Waals surface area contributed by atoms with Crippen molar-refractivity contribution in [3.63, 3.8) is 0 Å². The zero-order valence-electron chi connectivity index (χ0n) is 15.9. The third-order valence-electron chi connectivity index (χ3n) is 5.64. The second-order valence-electron chi connectivity index (χ2n) is 7.28. The highest BCUT2D eigenvalue weighted by molar-refractivity contribution is 5.87. The molecule has 1 fully saturated rings. The normalized spacial score (nSPS) is 18.7. The van der Waals surface area contributed by atoms with E-state index in [1.807, 2.05) is 18.3 Å². The van der Waals surface area contributed by atoms with Gasteiger partial charge in [0.2, 0.25) is 5.82 Å². The molecule has 2 N–H and O–H groups in total. The number of nitrogens with one attached hydrogen (secondary N) is 2. The summed E-state index contributed by atoms with van der Waals surface area (Å²) in [4.78, 5) is 29.0. The Hall–Kier alpha value is -3.74. The zero-order chi connectivity index (χ0) is 20.4. The van der Waals surface area contributed by atoms with Gasteiger partial charge < -0.3 is 15.2 Å². The van der Waals surface area contributed by atoms with Crippen LogP contribution in [0.4, 0.5) is 17.3 Å². The maximum atomic E-state index is 11.4. The van der Waals surface area contributed by atoms with Crippen molar-refractivity contribution >= 4 is 28.4 Å². The number of nitrogens with zero attached hydrogens (tertiary/aromatic N) is 6. The summed E-state index contributed by atoms with van der Waals surface area (Å²) in [5.41, 5.74) is 0.713. The summed E-state index contributed by atoms with van der Waals surface area (Å²) in [5, 5.41) is 24.5. The number of aromatic nitrogens is 4. The summed E-state index contributed by atoms with van der Waals surface area (Å²) in [6.07, 6.45) is 6.59. The van der Waals surface area contributed by atoms with Crippen molar-refractivity contribution in [1.29, 1.82) is 5.26 Å². The highest BCUT2D eigenvalue weighted by Gasteiger charge is 2.38. The lowest BCUT2D eigenvalue weighted by Crippen LogP contribution is -2.33. The average Bonchev–Trinajstić information content (AvgIpc) is 3.39. The van der Waals surface area contributed by atoms with Gasteiger partial charge in [-0.3, -0.25) is 10.1 Å².